The number of allylic oxidation sites excluding steroid dienone is 2. The maximum Gasteiger partial charge on any atom is 0.133 e. The normalized spacial score (nSPS) is 12.3. The quantitative estimate of drug-likeness (QED) is 0.567. The topological polar surface area (TPSA) is 18.5 Å². The van der Waals surface area contributed by atoms with Gasteiger partial charge in [0.15, 0.2) is 0 Å². The summed E-state index contributed by atoms with van der Waals surface area (Å²) in [6.07, 6.45) is 3.35. The Kier molecular flexibility index (Phi) is 7.56. The Morgan fingerprint density at radius 2 is 1.62 bits per heavy atom. The summed E-state index contributed by atoms with van der Waals surface area (Å²) < 4.78 is 10.9. The fourth-order valence-electron chi connectivity index (χ4n) is 1.16. The largest absolute Gasteiger partial charge is 0.495 e. The van der Waals surface area contributed by atoms with Crippen LogP contribution in [0, 0.1) is 0 Å². The van der Waals surface area contributed by atoms with Gasteiger partial charge in [-0.1, -0.05) is 13.3 Å². The number of ether oxygens (including phenoxy) is 2. The van der Waals surface area contributed by atoms with Crippen molar-refractivity contribution in [3.05, 3.63) is 11.5 Å². The number of hydrogen-bond acceptors (Lipinski definition) is 2. The second-order valence-corrected chi connectivity index (χ2v) is 2.95. The van der Waals surface area contributed by atoms with Crippen LogP contribution < -0.4 is 0 Å². The van der Waals surface area contributed by atoms with Crippen molar-refractivity contribution in [2.75, 3.05) is 13.2 Å². The third kappa shape index (κ3) is 5.56. The molecule has 2 heteroatoms. The number of hydrogen-bond donors (Lipinski definition) is 0. The molecular weight excluding hydrogens is 164 g/mol. The van der Waals surface area contributed by atoms with Gasteiger partial charge in [0.2, 0.25) is 0 Å². The molecule has 0 aromatic carbocycles. The van der Waals surface area contributed by atoms with Crippen LogP contribution >= 0.6 is 0 Å². The lowest BCUT2D eigenvalue weighted by molar-refractivity contribution is 0.160. The molecule has 0 aromatic heterocycles. The van der Waals surface area contributed by atoms with E-state index in [4.69, 9.17) is 9.47 Å². The van der Waals surface area contributed by atoms with Crippen LogP contribution in [0.25, 0.3) is 0 Å². The van der Waals surface area contributed by atoms with Crippen molar-refractivity contribution in [3.8, 4) is 0 Å². The monoisotopic (exact) mass is 186 g/mol. The van der Waals surface area contributed by atoms with E-state index in [1.54, 1.807) is 0 Å². The Morgan fingerprint density at radius 3 is 2.08 bits per heavy atom. The van der Waals surface area contributed by atoms with Crippen molar-refractivity contribution in [2.24, 2.45) is 0 Å². The minimum atomic E-state index is 0.717. The van der Waals surface area contributed by atoms with Crippen molar-refractivity contribution >= 4 is 0 Å². The van der Waals surface area contributed by atoms with E-state index in [9.17, 15) is 0 Å². The highest BCUT2D eigenvalue weighted by Gasteiger charge is 2.03. The molecule has 0 bridgehead atoms. The molecule has 0 N–H and O–H groups in total. The van der Waals surface area contributed by atoms with Crippen LogP contribution in [0.15, 0.2) is 11.5 Å². The minimum absolute atomic E-state index is 0.717. The minimum Gasteiger partial charge on any atom is -0.495 e. The molecule has 13 heavy (non-hydrogen) atoms. The van der Waals surface area contributed by atoms with E-state index in [0.29, 0.717) is 6.61 Å². The van der Waals surface area contributed by atoms with Gasteiger partial charge in [0.25, 0.3) is 0 Å². The van der Waals surface area contributed by atoms with E-state index in [0.717, 1.165) is 24.5 Å². The highest BCUT2D eigenvalue weighted by Crippen LogP contribution is 2.14. The zero-order valence-electron chi connectivity index (χ0n) is 9.35. The SMILES string of the molecule is CCCCC(OCC)=C(C)OCC. The molecule has 0 saturated heterocycles. The second-order valence-electron chi connectivity index (χ2n) is 2.95. The Balaban J connectivity index is 4.10. The third-order valence-corrected chi connectivity index (χ3v) is 1.83. The summed E-state index contributed by atoms with van der Waals surface area (Å²) in [7, 11) is 0. The first-order valence-corrected chi connectivity index (χ1v) is 5.21. The van der Waals surface area contributed by atoms with Gasteiger partial charge >= 0.3 is 0 Å². The van der Waals surface area contributed by atoms with Crippen LogP contribution in [0.2, 0.25) is 0 Å². The molecule has 0 aliphatic heterocycles. The maximum atomic E-state index is 5.51. The van der Waals surface area contributed by atoms with Gasteiger partial charge in [-0.15, -0.1) is 0 Å². The van der Waals surface area contributed by atoms with Crippen molar-refractivity contribution in [2.45, 2.75) is 47.0 Å². The molecule has 0 aliphatic carbocycles. The molecule has 0 spiro atoms. The van der Waals surface area contributed by atoms with E-state index in [2.05, 4.69) is 6.92 Å². The van der Waals surface area contributed by atoms with Crippen LogP contribution in [0.5, 0.6) is 0 Å². The average Bonchev–Trinajstić information content (AvgIpc) is 2.12. The molecule has 0 aliphatic rings. The lowest BCUT2D eigenvalue weighted by atomic mass is 10.2. The molecule has 0 atom stereocenters. The van der Waals surface area contributed by atoms with Gasteiger partial charge in [0, 0.05) is 6.42 Å². The molecule has 2 nitrogen and oxygen atoms in total. The fraction of sp³-hybridized carbons (Fsp3) is 0.818. The van der Waals surface area contributed by atoms with Gasteiger partial charge in [-0.05, 0) is 27.2 Å². The van der Waals surface area contributed by atoms with E-state index in [-0.39, 0.29) is 0 Å². The molecule has 0 rings (SSSR count). The van der Waals surface area contributed by atoms with Gasteiger partial charge in [-0.25, -0.2) is 0 Å². The van der Waals surface area contributed by atoms with Gasteiger partial charge in [0.05, 0.1) is 13.2 Å². The summed E-state index contributed by atoms with van der Waals surface area (Å²) >= 11 is 0. The smallest absolute Gasteiger partial charge is 0.133 e. The first-order chi connectivity index (χ1) is 6.26. The molecule has 0 radical (unpaired) electrons. The van der Waals surface area contributed by atoms with Crippen LogP contribution in [0.1, 0.15) is 47.0 Å². The summed E-state index contributed by atoms with van der Waals surface area (Å²) in [4.78, 5) is 0. The molecule has 0 fully saturated rings. The van der Waals surface area contributed by atoms with Crippen LogP contribution in [0.4, 0.5) is 0 Å². The Hall–Kier alpha value is -0.660. The summed E-state index contributed by atoms with van der Waals surface area (Å²) in [5.41, 5.74) is 0. The zero-order valence-corrected chi connectivity index (χ0v) is 9.35. The highest BCUT2D eigenvalue weighted by molar-refractivity contribution is 4.98. The number of unbranched alkanes of at least 4 members (excludes halogenated alkanes) is 1. The molecule has 0 amide bonds. The Morgan fingerprint density at radius 1 is 1.00 bits per heavy atom. The summed E-state index contributed by atoms with van der Waals surface area (Å²) in [5, 5.41) is 0. The van der Waals surface area contributed by atoms with Gasteiger partial charge in [-0.2, -0.15) is 0 Å². The van der Waals surface area contributed by atoms with E-state index in [1.807, 2.05) is 20.8 Å². The second kappa shape index (κ2) is 7.96. The van der Waals surface area contributed by atoms with Crippen molar-refractivity contribution in [3.63, 3.8) is 0 Å². The Bertz CT molecular complexity index is 150. The van der Waals surface area contributed by atoms with Gasteiger partial charge < -0.3 is 9.47 Å². The molecule has 0 unspecified atom stereocenters. The standard InChI is InChI=1S/C11H22O2/c1-5-8-9-11(13-7-3)10(4)12-6-2/h5-9H2,1-4H3. The third-order valence-electron chi connectivity index (χ3n) is 1.83. The van der Waals surface area contributed by atoms with Crippen molar-refractivity contribution < 1.29 is 9.47 Å². The van der Waals surface area contributed by atoms with Crippen LogP contribution in [0.3, 0.4) is 0 Å². The van der Waals surface area contributed by atoms with Crippen molar-refractivity contribution in [1.29, 1.82) is 0 Å². The molecule has 0 heterocycles. The molecule has 0 saturated carbocycles. The van der Waals surface area contributed by atoms with Gasteiger partial charge in [-0.3, -0.25) is 0 Å². The first-order valence-electron chi connectivity index (χ1n) is 5.21. The summed E-state index contributed by atoms with van der Waals surface area (Å²) in [6.45, 7) is 9.60. The predicted octanol–water partition coefficient (Wildman–Crippen LogP) is 3.48. The van der Waals surface area contributed by atoms with E-state index < -0.39 is 0 Å². The lowest BCUT2D eigenvalue weighted by Gasteiger charge is -2.12. The fourth-order valence-corrected chi connectivity index (χ4v) is 1.16. The summed E-state index contributed by atoms with van der Waals surface area (Å²) in [6, 6.07) is 0. The van der Waals surface area contributed by atoms with E-state index in [1.165, 1.54) is 12.8 Å². The van der Waals surface area contributed by atoms with E-state index >= 15 is 0 Å². The highest BCUT2D eigenvalue weighted by atomic mass is 16.5. The van der Waals surface area contributed by atoms with Crippen LogP contribution in [-0.2, 0) is 9.47 Å². The Labute approximate surface area is 81.9 Å². The lowest BCUT2D eigenvalue weighted by Crippen LogP contribution is -1.99. The maximum absolute atomic E-state index is 5.51. The number of rotatable bonds is 7. The van der Waals surface area contributed by atoms with Gasteiger partial charge in [0.1, 0.15) is 11.5 Å². The first kappa shape index (κ1) is 12.3. The zero-order chi connectivity index (χ0) is 10.1. The predicted molar refractivity (Wildman–Crippen MR) is 55.5 cm³/mol. The molecular formula is C11H22O2. The van der Waals surface area contributed by atoms with Crippen molar-refractivity contribution in [1.82, 2.24) is 0 Å². The van der Waals surface area contributed by atoms with Crippen LogP contribution in [-0.4, -0.2) is 13.2 Å². The molecule has 0 aromatic rings. The summed E-state index contributed by atoms with van der Waals surface area (Å²) in [5.74, 6) is 1.96. The average molecular weight is 186 g/mol. The molecule has 78 valence electrons.